The van der Waals surface area contributed by atoms with Crippen molar-refractivity contribution in [3.05, 3.63) is 29.6 Å². The van der Waals surface area contributed by atoms with Gasteiger partial charge in [-0.2, -0.15) is 0 Å². The molecule has 0 saturated carbocycles. The van der Waals surface area contributed by atoms with E-state index in [2.05, 4.69) is 0 Å². The summed E-state index contributed by atoms with van der Waals surface area (Å²) in [5.41, 5.74) is 0.331. The van der Waals surface area contributed by atoms with Crippen LogP contribution >= 0.6 is 0 Å². The molecule has 0 aliphatic rings. The summed E-state index contributed by atoms with van der Waals surface area (Å²) in [5, 5.41) is 9.02. The molecule has 0 heterocycles. The molecule has 0 aromatic heterocycles. The van der Waals surface area contributed by atoms with E-state index in [1.54, 1.807) is 7.05 Å². The third kappa shape index (κ3) is 3.71. The first-order valence-corrected chi connectivity index (χ1v) is 5.34. The molecule has 94 valence electrons. The fourth-order valence-electron chi connectivity index (χ4n) is 1.24. The standard InChI is InChI=1S/C12H16FNO3/c1-3-14(2)12(16)8-17-11-5-4-10(13)6-9(11)7-15/h4-6,15H,3,7-8H2,1-2H3. The van der Waals surface area contributed by atoms with Gasteiger partial charge >= 0.3 is 0 Å². The van der Waals surface area contributed by atoms with Crippen LogP contribution in [0.25, 0.3) is 0 Å². The van der Waals surface area contributed by atoms with Crippen molar-refractivity contribution in [1.82, 2.24) is 4.90 Å². The number of nitrogens with zero attached hydrogens (tertiary/aromatic N) is 1. The van der Waals surface area contributed by atoms with Crippen molar-refractivity contribution >= 4 is 5.91 Å². The second kappa shape index (κ2) is 6.20. The first-order valence-electron chi connectivity index (χ1n) is 5.34. The number of amides is 1. The largest absolute Gasteiger partial charge is 0.483 e. The molecule has 1 rings (SSSR count). The van der Waals surface area contributed by atoms with Crippen LogP contribution in [0.2, 0.25) is 0 Å². The van der Waals surface area contributed by atoms with Gasteiger partial charge in [-0.05, 0) is 25.1 Å². The van der Waals surface area contributed by atoms with Crippen molar-refractivity contribution in [3.8, 4) is 5.75 Å². The van der Waals surface area contributed by atoms with E-state index in [-0.39, 0.29) is 19.1 Å². The Kier molecular flexibility index (Phi) is 4.90. The smallest absolute Gasteiger partial charge is 0.260 e. The lowest BCUT2D eigenvalue weighted by molar-refractivity contribution is -0.131. The Morgan fingerprint density at radius 1 is 1.53 bits per heavy atom. The van der Waals surface area contributed by atoms with Gasteiger partial charge in [-0.3, -0.25) is 4.79 Å². The summed E-state index contributed by atoms with van der Waals surface area (Å²) < 4.78 is 18.1. The lowest BCUT2D eigenvalue weighted by Gasteiger charge is -2.15. The molecule has 0 spiro atoms. The minimum Gasteiger partial charge on any atom is -0.483 e. The van der Waals surface area contributed by atoms with Gasteiger partial charge in [0.15, 0.2) is 6.61 Å². The second-order valence-electron chi connectivity index (χ2n) is 3.61. The van der Waals surface area contributed by atoms with Crippen LogP contribution in [0.4, 0.5) is 4.39 Å². The Bertz CT molecular complexity index is 395. The number of carbonyl (C=O) groups is 1. The van der Waals surface area contributed by atoms with Crippen LogP contribution in [-0.4, -0.2) is 36.1 Å². The Labute approximate surface area is 99.6 Å². The van der Waals surface area contributed by atoms with Gasteiger partial charge in [0.2, 0.25) is 0 Å². The molecule has 5 heteroatoms. The third-order valence-corrected chi connectivity index (χ3v) is 2.44. The Morgan fingerprint density at radius 2 is 2.24 bits per heavy atom. The van der Waals surface area contributed by atoms with E-state index in [0.29, 0.717) is 17.9 Å². The van der Waals surface area contributed by atoms with Crippen molar-refractivity contribution < 1.29 is 19.0 Å². The summed E-state index contributed by atoms with van der Waals surface area (Å²) in [7, 11) is 1.67. The highest BCUT2D eigenvalue weighted by atomic mass is 19.1. The lowest BCUT2D eigenvalue weighted by Crippen LogP contribution is -2.31. The molecule has 1 amide bonds. The highest BCUT2D eigenvalue weighted by molar-refractivity contribution is 5.77. The molecule has 1 aromatic rings. The SMILES string of the molecule is CCN(C)C(=O)COc1ccc(F)cc1CO. The molecule has 4 nitrogen and oxygen atoms in total. The fraction of sp³-hybridized carbons (Fsp3) is 0.417. The van der Waals surface area contributed by atoms with Crippen LogP contribution in [0.5, 0.6) is 5.75 Å². The Morgan fingerprint density at radius 3 is 2.82 bits per heavy atom. The van der Waals surface area contributed by atoms with E-state index in [0.717, 1.165) is 0 Å². The fourth-order valence-corrected chi connectivity index (χ4v) is 1.24. The Balaban J connectivity index is 2.66. The lowest BCUT2D eigenvalue weighted by atomic mass is 10.2. The molecule has 0 aliphatic heterocycles. The van der Waals surface area contributed by atoms with Gasteiger partial charge in [-0.1, -0.05) is 0 Å². The van der Waals surface area contributed by atoms with E-state index in [4.69, 9.17) is 9.84 Å². The molecule has 0 unspecified atom stereocenters. The normalized spacial score (nSPS) is 10.1. The van der Waals surface area contributed by atoms with Crippen molar-refractivity contribution in [2.75, 3.05) is 20.2 Å². The molecular formula is C12H16FNO3. The monoisotopic (exact) mass is 241 g/mol. The predicted octanol–water partition coefficient (Wildman–Crippen LogP) is 1.18. The van der Waals surface area contributed by atoms with Crippen LogP contribution in [0.3, 0.4) is 0 Å². The number of halogens is 1. The summed E-state index contributed by atoms with van der Waals surface area (Å²) >= 11 is 0. The van der Waals surface area contributed by atoms with Gasteiger partial charge in [0.05, 0.1) is 6.61 Å². The number of ether oxygens (including phenoxy) is 1. The predicted molar refractivity (Wildman–Crippen MR) is 61.1 cm³/mol. The van der Waals surface area contributed by atoms with Crippen LogP contribution in [0, 0.1) is 5.82 Å². The van der Waals surface area contributed by atoms with E-state index in [1.807, 2.05) is 6.92 Å². The summed E-state index contributed by atoms with van der Waals surface area (Å²) in [5.74, 6) is -0.286. The maximum atomic E-state index is 12.9. The highest BCUT2D eigenvalue weighted by Crippen LogP contribution is 2.19. The molecule has 0 fully saturated rings. The van der Waals surface area contributed by atoms with Crippen molar-refractivity contribution in [1.29, 1.82) is 0 Å². The van der Waals surface area contributed by atoms with E-state index < -0.39 is 5.82 Å². The zero-order chi connectivity index (χ0) is 12.8. The summed E-state index contributed by atoms with van der Waals surface area (Å²) in [6.07, 6.45) is 0. The zero-order valence-corrected chi connectivity index (χ0v) is 9.94. The maximum absolute atomic E-state index is 12.9. The minimum atomic E-state index is -0.446. The number of hydrogen-bond donors (Lipinski definition) is 1. The van der Waals surface area contributed by atoms with Crippen LogP contribution in [0.1, 0.15) is 12.5 Å². The number of hydrogen-bond acceptors (Lipinski definition) is 3. The van der Waals surface area contributed by atoms with Gasteiger partial charge in [0.1, 0.15) is 11.6 Å². The van der Waals surface area contributed by atoms with Gasteiger partial charge in [-0.15, -0.1) is 0 Å². The molecule has 0 atom stereocenters. The van der Waals surface area contributed by atoms with E-state index in [9.17, 15) is 9.18 Å². The molecule has 17 heavy (non-hydrogen) atoms. The van der Waals surface area contributed by atoms with E-state index in [1.165, 1.54) is 23.1 Å². The van der Waals surface area contributed by atoms with Crippen molar-refractivity contribution in [2.45, 2.75) is 13.5 Å². The van der Waals surface area contributed by atoms with Crippen molar-refractivity contribution in [3.63, 3.8) is 0 Å². The minimum absolute atomic E-state index is 0.122. The summed E-state index contributed by atoms with van der Waals surface area (Å²) in [4.78, 5) is 13.0. The second-order valence-corrected chi connectivity index (χ2v) is 3.61. The quantitative estimate of drug-likeness (QED) is 0.842. The first-order chi connectivity index (χ1) is 8.08. The van der Waals surface area contributed by atoms with Crippen LogP contribution in [0.15, 0.2) is 18.2 Å². The maximum Gasteiger partial charge on any atom is 0.260 e. The number of aliphatic hydroxyl groups excluding tert-OH is 1. The van der Waals surface area contributed by atoms with Gasteiger partial charge in [0, 0.05) is 19.2 Å². The number of aliphatic hydroxyl groups is 1. The molecule has 0 aliphatic carbocycles. The first kappa shape index (κ1) is 13.4. The summed E-state index contributed by atoms with van der Waals surface area (Å²) in [6, 6.07) is 3.81. The number of carbonyl (C=O) groups excluding carboxylic acids is 1. The zero-order valence-electron chi connectivity index (χ0n) is 9.94. The van der Waals surface area contributed by atoms with Crippen LogP contribution in [-0.2, 0) is 11.4 Å². The molecule has 0 radical (unpaired) electrons. The number of rotatable bonds is 5. The topological polar surface area (TPSA) is 49.8 Å². The molecular weight excluding hydrogens is 225 g/mol. The van der Waals surface area contributed by atoms with E-state index >= 15 is 0 Å². The van der Waals surface area contributed by atoms with Crippen LogP contribution < -0.4 is 4.74 Å². The van der Waals surface area contributed by atoms with Gasteiger partial charge < -0.3 is 14.7 Å². The molecule has 1 aromatic carbocycles. The van der Waals surface area contributed by atoms with Gasteiger partial charge in [0.25, 0.3) is 5.91 Å². The van der Waals surface area contributed by atoms with Crippen molar-refractivity contribution in [2.24, 2.45) is 0 Å². The average Bonchev–Trinajstić information content (AvgIpc) is 2.35. The molecule has 0 saturated heterocycles. The number of benzene rings is 1. The molecule has 0 bridgehead atoms. The summed E-state index contributed by atoms with van der Waals surface area (Å²) in [6.45, 7) is 2.00. The Hall–Kier alpha value is -1.62. The highest BCUT2D eigenvalue weighted by Gasteiger charge is 2.10. The molecule has 1 N–H and O–H groups in total. The third-order valence-electron chi connectivity index (χ3n) is 2.44. The average molecular weight is 241 g/mol. The number of likely N-dealkylation sites (N-methyl/N-ethyl adjacent to an activating group) is 1. The van der Waals surface area contributed by atoms with Gasteiger partial charge in [-0.25, -0.2) is 4.39 Å².